The van der Waals surface area contributed by atoms with Gasteiger partial charge < -0.3 is 44.9 Å². The third-order valence-electron chi connectivity index (χ3n) is 10.2. The number of nitrogens with zero attached hydrogens (tertiary/aromatic N) is 2. The van der Waals surface area contributed by atoms with E-state index in [4.69, 9.17) is 29.4 Å². The van der Waals surface area contributed by atoms with E-state index >= 15 is 0 Å². The van der Waals surface area contributed by atoms with Gasteiger partial charge in [-0.05, 0) is 45.4 Å². The number of nitrogens with one attached hydrogen (secondary N) is 1. The van der Waals surface area contributed by atoms with Crippen LogP contribution in [0.4, 0.5) is 0 Å². The molecule has 5 N–H and O–H groups in total. The van der Waals surface area contributed by atoms with E-state index in [9.17, 15) is 24.6 Å². The minimum Gasteiger partial charge on any atom is -0.504 e. The molecule has 4 bridgehead atoms. The summed E-state index contributed by atoms with van der Waals surface area (Å²) >= 11 is 1.35. The molecule has 7 rings (SSSR count). The zero-order valence-corrected chi connectivity index (χ0v) is 28.4. The number of cyclic esters (lactones) is 1. The highest BCUT2D eigenvalue weighted by Gasteiger charge is 2.60. The van der Waals surface area contributed by atoms with E-state index in [0.29, 0.717) is 51.7 Å². The number of thioether (sulfide) groups is 1. The molecule has 0 aromatic heterocycles. The lowest BCUT2D eigenvalue weighted by Crippen LogP contribution is -2.69. The summed E-state index contributed by atoms with van der Waals surface area (Å²) < 4.78 is 29.5. The van der Waals surface area contributed by atoms with Gasteiger partial charge in [0.2, 0.25) is 12.7 Å². The van der Waals surface area contributed by atoms with E-state index in [1.165, 1.54) is 32.7 Å². The zero-order chi connectivity index (χ0) is 34.3. The largest absolute Gasteiger partial charge is 0.504 e. The van der Waals surface area contributed by atoms with Crippen LogP contribution in [0.2, 0.25) is 0 Å². The second-order valence-corrected chi connectivity index (χ2v) is 14.2. The van der Waals surface area contributed by atoms with Crippen molar-refractivity contribution in [2.75, 3.05) is 33.3 Å². The lowest BCUT2D eigenvalue weighted by molar-refractivity contribution is -0.184. The predicted octanol–water partition coefficient (Wildman–Crippen LogP) is 1.49. The van der Waals surface area contributed by atoms with Gasteiger partial charge in [-0.3, -0.25) is 19.4 Å². The first-order valence-electron chi connectivity index (χ1n) is 15.9. The number of aliphatic hydroxyl groups excluding tert-OH is 1. The number of phenolic OH excluding ortho intramolecular Hbond substituents is 1. The number of fused-ring (bicyclic) bond motifs is 9. The van der Waals surface area contributed by atoms with E-state index in [1.807, 2.05) is 24.9 Å². The minimum atomic E-state index is -1.04. The molecule has 0 saturated carbocycles. The number of phenols is 1. The number of amides is 1. The number of ether oxygens (including phenoxy) is 5. The van der Waals surface area contributed by atoms with Gasteiger partial charge in [-0.25, -0.2) is 4.79 Å². The van der Waals surface area contributed by atoms with E-state index in [0.717, 1.165) is 11.1 Å². The molecule has 1 amide bonds. The average molecular weight is 685 g/mol. The third kappa shape index (κ3) is 4.81. The number of methoxy groups -OCH3 is 1. The van der Waals surface area contributed by atoms with Gasteiger partial charge in [0.15, 0.2) is 23.0 Å². The quantitative estimate of drug-likeness (QED) is 0.269. The summed E-state index contributed by atoms with van der Waals surface area (Å²) in [6, 6.07) is -2.14. The molecule has 8 atom stereocenters. The number of hydrogen-bond acceptors (Lipinski definition) is 14. The summed E-state index contributed by atoms with van der Waals surface area (Å²) in [5.74, 6) is -0.0949. The van der Waals surface area contributed by atoms with Crippen molar-refractivity contribution in [3.8, 4) is 28.7 Å². The maximum atomic E-state index is 13.5. The first-order valence-corrected chi connectivity index (χ1v) is 17.0. The van der Waals surface area contributed by atoms with Gasteiger partial charge in [-0.1, -0.05) is 6.07 Å². The highest BCUT2D eigenvalue weighted by Crippen LogP contribution is 2.63. The number of esters is 2. The van der Waals surface area contributed by atoms with Crippen LogP contribution in [-0.4, -0.2) is 102 Å². The van der Waals surface area contributed by atoms with Crippen molar-refractivity contribution in [1.29, 1.82) is 0 Å². The van der Waals surface area contributed by atoms with E-state index in [2.05, 4.69) is 10.2 Å². The fraction of sp³-hybridized carbons (Fsp3) is 0.545. The average Bonchev–Trinajstić information content (AvgIpc) is 3.52. The number of aromatic hydroxyl groups is 1. The molecule has 2 aromatic carbocycles. The van der Waals surface area contributed by atoms with Crippen LogP contribution in [0.5, 0.6) is 28.7 Å². The highest BCUT2D eigenvalue weighted by molar-refractivity contribution is 7.99. The number of nitrogens with two attached hydrogens (primary N) is 1. The van der Waals surface area contributed by atoms with Gasteiger partial charge in [0.25, 0.3) is 0 Å². The molecule has 14 nitrogen and oxygen atoms in total. The van der Waals surface area contributed by atoms with E-state index in [-0.39, 0.29) is 30.9 Å². The van der Waals surface area contributed by atoms with Crippen LogP contribution < -0.4 is 30.0 Å². The molecule has 15 heteroatoms. The van der Waals surface area contributed by atoms with Gasteiger partial charge in [-0.2, -0.15) is 0 Å². The highest BCUT2D eigenvalue weighted by atomic mass is 32.2. The Labute approximate surface area is 281 Å². The fourth-order valence-electron chi connectivity index (χ4n) is 8.18. The lowest BCUT2D eigenvalue weighted by atomic mass is 9.73. The van der Waals surface area contributed by atoms with Gasteiger partial charge in [0.05, 0.1) is 36.5 Å². The van der Waals surface area contributed by atoms with Crippen LogP contribution in [0, 0.1) is 13.8 Å². The molecular weight excluding hydrogens is 644 g/mol. The summed E-state index contributed by atoms with van der Waals surface area (Å²) in [5, 5.41) is 26.2. The smallest absolute Gasteiger partial charge is 0.329 e. The van der Waals surface area contributed by atoms with Crippen LogP contribution in [-0.2, 0) is 25.5 Å². The Morgan fingerprint density at radius 3 is 2.56 bits per heavy atom. The molecule has 4 unspecified atom stereocenters. The first kappa shape index (κ1) is 32.8. The van der Waals surface area contributed by atoms with Crippen molar-refractivity contribution in [2.24, 2.45) is 5.73 Å². The molecule has 5 aliphatic heterocycles. The Morgan fingerprint density at radius 1 is 1.15 bits per heavy atom. The van der Waals surface area contributed by atoms with Crippen molar-refractivity contribution in [3.63, 3.8) is 0 Å². The SMILES string of the molecule is COc1c(C)cc2c(c1O)C1C3[C@@H]4SC[C@H](NC(=O)C(C)N)C(=O)OC[C@@H](c5c6c(c(C)c(OC(C)=O)c54)OCO6)N3[C@@H](O)C(C2)N1C. The number of carbonyl (C=O) groups excluding carboxylic acids is 3. The van der Waals surface area contributed by atoms with Crippen LogP contribution in [0.3, 0.4) is 0 Å². The Morgan fingerprint density at radius 2 is 1.88 bits per heavy atom. The Bertz CT molecular complexity index is 1720. The van der Waals surface area contributed by atoms with Crippen molar-refractivity contribution in [1.82, 2.24) is 15.1 Å². The van der Waals surface area contributed by atoms with Crippen molar-refractivity contribution in [3.05, 3.63) is 39.4 Å². The summed E-state index contributed by atoms with van der Waals surface area (Å²) in [4.78, 5) is 42.9. The van der Waals surface area contributed by atoms with E-state index in [1.54, 1.807) is 6.92 Å². The van der Waals surface area contributed by atoms with Crippen molar-refractivity contribution >= 4 is 29.6 Å². The molecule has 0 spiro atoms. The molecule has 2 saturated heterocycles. The molecule has 0 aliphatic carbocycles. The molecule has 5 heterocycles. The van der Waals surface area contributed by atoms with Crippen molar-refractivity contribution in [2.45, 2.75) is 81.8 Å². The summed E-state index contributed by atoms with van der Waals surface area (Å²) in [6.45, 7) is 6.22. The number of rotatable bonds is 4. The van der Waals surface area contributed by atoms with Gasteiger partial charge in [-0.15, -0.1) is 11.8 Å². The van der Waals surface area contributed by atoms with Crippen LogP contribution >= 0.6 is 11.8 Å². The van der Waals surface area contributed by atoms with Gasteiger partial charge in [0, 0.05) is 41.0 Å². The number of likely N-dealkylation sites (N-methyl/N-ethyl adjacent to an activating group) is 1. The van der Waals surface area contributed by atoms with Crippen LogP contribution in [0.15, 0.2) is 6.07 Å². The molecular formula is C33H40N4O10S. The van der Waals surface area contributed by atoms with E-state index < -0.39 is 59.5 Å². The molecule has 2 aromatic rings. The zero-order valence-electron chi connectivity index (χ0n) is 27.6. The van der Waals surface area contributed by atoms with Gasteiger partial charge in [0.1, 0.15) is 24.6 Å². The lowest BCUT2D eigenvalue weighted by Gasteiger charge is -2.62. The summed E-state index contributed by atoms with van der Waals surface area (Å²) in [5.41, 5.74) is 9.98. The maximum Gasteiger partial charge on any atom is 0.329 e. The molecule has 258 valence electrons. The van der Waals surface area contributed by atoms with Crippen molar-refractivity contribution < 1.29 is 48.3 Å². The maximum absolute atomic E-state index is 13.5. The molecule has 5 aliphatic rings. The topological polar surface area (TPSA) is 182 Å². The number of aliphatic hydroxyl groups is 1. The van der Waals surface area contributed by atoms with Gasteiger partial charge >= 0.3 is 11.9 Å². The molecule has 48 heavy (non-hydrogen) atoms. The van der Waals surface area contributed by atoms with Crippen LogP contribution in [0.1, 0.15) is 64.6 Å². The summed E-state index contributed by atoms with van der Waals surface area (Å²) in [7, 11) is 3.44. The number of benzene rings is 2. The Balaban J connectivity index is 1.50. The Kier molecular flexibility index (Phi) is 8.18. The second kappa shape index (κ2) is 12.0. The Hall–Kier alpha value is -3.76. The standard InChI is InChI=1S/C33H40N4O10S/c1-12-7-16-8-18-32(41)37-19-9-44-33(42)17(35-31(40)14(3)34)10-48-30(24(37)23(36(18)5)20(16)25(39)26(12)43-6)22-21(19)29-28(45-11-46-29)13(2)27(22)47-15(4)38/h7,14,17-19,23-24,30,32,39,41H,8-11,34H2,1-6H3,(H,35,40)/t14?,17-,18?,19-,23?,24?,30+,32-/m0/s1. The minimum absolute atomic E-state index is 0.0212. The number of carbonyl (C=O) groups is 3. The normalized spacial score (nSPS) is 29.6. The number of piperazine rings is 1. The summed E-state index contributed by atoms with van der Waals surface area (Å²) in [6.07, 6.45) is -0.601. The number of aryl methyl sites for hydroxylation is 1. The monoisotopic (exact) mass is 684 g/mol. The number of hydrogen-bond donors (Lipinski definition) is 4. The molecule has 2 fully saturated rings. The fourth-order valence-corrected chi connectivity index (χ4v) is 9.69. The van der Waals surface area contributed by atoms with Crippen LogP contribution in [0.25, 0.3) is 0 Å². The first-order chi connectivity index (χ1) is 22.8. The molecule has 0 radical (unpaired) electrons. The predicted molar refractivity (Wildman–Crippen MR) is 172 cm³/mol. The second-order valence-electron chi connectivity index (χ2n) is 13.1. The third-order valence-corrected chi connectivity index (χ3v) is 11.6.